The number of hydrogen-bond acceptors (Lipinski definition) is 14. The second kappa shape index (κ2) is 12.2. The Labute approximate surface area is 202 Å². The van der Waals surface area contributed by atoms with Gasteiger partial charge in [-0.1, -0.05) is 0 Å². The molecule has 16 nitrogen and oxygen atoms in total. The van der Waals surface area contributed by atoms with Crippen LogP contribution in [0.25, 0.3) is 0 Å². The number of benzene rings is 2. The zero-order valence-electron chi connectivity index (χ0n) is 17.1. The second-order valence-electron chi connectivity index (χ2n) is 6.06. The lowest BCUT2D eigenvalue weighted by Crippen LogP contribution is -2.15. The number of nitro benzene ring substituents is 4. The van der Waals surface area contributed by atoms with Gasteiger partial charge >= 0.3 is 11.9 Å². The van der Waals surface area contributed by atoms with E-state index in [1.807, 2.05) is 0 Å². The van der Waals surface area contributed by atoms with Crippen LogP contribution in [0, 0.1) is 40.5 Å². The van der Waals surface area contributed by atoms with E-state index < -0.39 is 72.7 Å². The molecule has 35 heavy (non-hydrogen) atoms. The van der Waals surface area contributed by atoms with E-state index in [0.29, 0.717) is 23.5 Å². The number of nitro groups is 4. The Morgan fingerprint density at radius 1 is 0.657 bits per heavy atom. The third kappa shape index (κ3) is 7.89. The normalized spacial score (nSPS) is 10.3. The molecule has 0 saturated carbocycles. The smallest absolute Gasteiger partial charge is 0.319 e. The molecule has 0 heterocycles. The lowest BCUT2D eigenvalue weighted by molar-refractivity contribution is -0.396. The zero-order chi connectivity index (χ0) is 26.1. The van der Waals surface area contributed by atoms with Crippen LogP contribution >= 0.6 is 23.5 Å². The minimum absolute atomic E-state index is 0.0179. The van der Waals surface area contributed by atoms with Crippen LogP contribution in [-0.2, 0) is 19.1 Å². The van der Waals surface area contributed by atoms with E-state index in [9.17, 15) is 50.0 Å². The van der Waals surface area contributed by atoms with Gasteiger partial charge in [0.1, 0.15) is 0 Å². The Morgan fingerprint density at radius 2 is 1.03 bits per heavy atom. The van der Waals surface area contributed by atoms with Gasteiger partial charge < -0.3 is 9.47 Å². The van der Waals surface area contributed by atoms with E-state index in [2.05, 4.69) is 9.47 Å². The summed E-state index contributed by atoms with van der Waals surface area (Å²) in [7, 11) is 0. The van der Waals surface area contributed by atoms with Crippen molar-refractivity contribution >= 4 is 58.2 Å². The van der Waals surface area contributed by atoms with Gasteiger partial charge in [0.25, 0.3) is 22.7 Å². The van der Waals surface area contributed by atoms with Crippen LogP contribution in [0.4, 0.5) is 22.7 Å². The van der Waals surface area contributed by atoms with Crippen molar-refractivity contribution in [1.29, 1.82) is 0 Å². The molecule has 2 aromatic carbocycles. The highest BCUT2D eigenvalue weighted by Gasteiger charge is 2.22. The summed E-state index contributed by atoms with van der Waals surface area (Å²) in [6.07, 6.45) is 0. The molecule has 0 N–H and O–H groups in total. The van der Waals surface area contributed by atoms with Gasteiger partial charge in [-0.25, -0.2) is 0 Å². The van der Waals surface area contributed by atoms with E-state index in [0.717, 1.165) is 36.4 Å². The van der Waals surface area contributed by atoms with Crippen molar-refractivity contribution in [3.8, 4) is 0 Å². The molecular weight excluding hydrogens is 516 g/mol. The van der Waals surface area contributed by atoms with Crippen molar-refractivity contribution in [2.45, 2.75) is 9.79 Å². The molecule has 0 fully saturated rings. The fourth-order valence-corrected chi connectivity index (χ4v) is 3.89. The number of carbonyl (C=O) groups is 2. The largest absolute Gasteiger partial charge is 0.427 e. The van der Waals surface area contributed by atoms with Crippen LogP contribution in [0.3, 0.4) is 0 Å². The average molecular weight is 528 g/mol. The van der Waals surface area contributed by atoms with Crippen molar-refractivity contribution in [2.24, 2.45) is 0 Å². The number of carbonyl (C=O) groups excluding carboxylic acids is 2. The van der Waals surface area contributed by atoms with Crippen LogP contribution in [0.1, 0.15) is 0 Å². The lowest BCUT2D eigenvalue weighted by atomic mass is 10.3. The average Bonchev–Trinajstić information content (AvgIpc) is 2.80. The predicted octanol–water partition coefficient (Wildman–Crippen LogP) is 3.25. The van der Waals surface area contributed by atoms with E-state index in [4.69, 9.17) is 0 Å². The summed E-state index contributed by atoms with van der Waals surface area (Å²) in [5.74, 6) is -2.68. The minimum atomic E-state index is -0.908. The molecule has 0 aromatic heterocycles. The third-order valence-corrected chi connectivity index (χ3v) is 5.90. The molecule has 2 aromatic rings. The third-order valence-electron chi connectivity index (χ3n) is 3.83. The van der Waals surface area contributed by atoms with Gasteiger partial charge in [-0.15, -0.1) is 23.5 Å². The SMILES string of the molecule is O=C(CSc1ccc([N+](=O)[O-])cc1[N+](=O)[O-])OCOC(=O)CSc1ccc([N+](=O)[O-])cc1[N+](=O)[O-]. The molecule has 0 bridgehead atoms. The Bertz CT molecular complexity index is 1110. The Balaban J connectivity index is 1.83. The molecule has 0 unspecified atom stereocenters. The van der Waals surface area contributed by atoms with Gasteiger partial charge in [0.05, 0.1) is 53.1 Å². The molecule has 0 aliphatic heterocycles. The summed E-state index contributed by atoms with van der Waals surface area (Å²) < 4.78 is 9.36. The van der Waals surface area contributed by atoms with Gasteiger partial charge in [-0.05, 0) is 12.1 Å². The van der Waals surface area contributed by atoms with Gasteiger partial charge in [0.2, 0.25) is 6.79 Å². The standard InChI is InChI=1S/C17H12N4O12S2/c22-16(7-34-14-3-1-10(18(24)25)5-12(14)20(28)29)32-9-33-17(23)8-35-15-4-2-11(19(26)27)6-13(15)21(30)31/h1-6H,7-9H2. The fourth-order valence-electron chi connectivity index (χ4n) is 2.29. The number of thioether (sulfide) groups is 2. The molecule has 0 saturated heterocycles. The first-order valence-electron chi connectivity index (χ1n) is 8.92. The van der Waals surface area contributed by atoms with E-state index in [-0.39, 0.29) is 9.79 Å². The maximum absolute atomic E-state index is 11.8. The topological polar surface area (TPSA) is 225 Å². The molecule has 0 spiro atoms. The number of non-ortho nitro benzene ring substituents is 2. The fraction of sp³-hybridized carbons (Fsp3) is 0.176. The molecule has 0 aliphatic carbocycles. The van der Waals surface area contributed by atoms with Crippen LogP contribution in [0.15, 0.2) is 46.2 Å². The van der Waals surface area contributed by atoms with Crippen molar-refractivity contribution in [3.63, 3.8) is 0 Å². The first-order valence-corrected chi connectivity index (χ1v) is 10.9. The predicted molar refractivity (Wildman–Crippen MR) is 118 cm³/mol. The number of ether oxygens (including phenoxy) is 2. The Kier molecular flexibility index (Phi) is 9.41. The molecule has 0 aliphatic rings. The molecule has 2 rings (SSSR count). The maximum Gasteiger partial charge on any atom is 0.319 e. The molecule has 0 amide bonds. The van der Waals surface area contributed by atoms with Crippen molar-refractivity contribution in [1.82, 2.24) is 0 Å². The van der Waals surface area contributed by atoms with Gasteiger partial charge in [0.15, 0.2) is 0 Å². The quantitative estimate of drug-likeness (QED) is 0.127. The van der Waals surface area contributed by atoms with Gasteiger partial charge in [-0.3, -0.25) is 50.0 Å². The van der Waals surface area contributed by atoms with Crippen LogP contribution in [-0.4, -0.2) is 49.9 Å². The molecule has 0 atom stereocenters. The molecule has 0 radical (unpaired) electrons. The maximum atomic E-state index is 11.8. The summed E-state index contributed by atoms with van der Waals surface area (Å²) in [6.45, 7) is -0.802. The number of nitrogens with zero attached hydrogens (tertiary/aromatic N) is 4. The van der Waals surface area contributed by atoms with Crippen molar-refractivity contribution in [2.75, 3.05) is 18.3 Å². The monoisotopic (exact) mass is 528 g/mol. The van der Waals surface area contributed by atoms with Crippen LogP contribution in [0.2, 0.25) is 0 Å². The Hall–Kier alpha value is -4.32. The number of hydrogen-bond donors (Lipinski definition) is 0. The summed E-state index contributed by atoms with van der Waals surface area (Å²) >= 11 is 1.37. The highest BCUT2D eigenvalue weighted by atomic mass is 32.2. The van der Waals surface area contributed by atoms with E-state index >= 15 is 0 Å². The lowest BCUT2D eigenvalue weighted by Gasteiger charge is -2.07. The zero-order valence-corrected chi connectivity index (χ0v) is 18.7. The molecular formula is C17H12N4O12S2. The highest BCUT2D eigenvalue weighted by Crippen LogP contribution is 2.33. The number of rotatable bonds is 12. The second-order valence-corrected chi connectivity index (χ2v) is 8.09. The summed E-state index contributed by atoms with van der Waals surface area (Å²) in [5, 5.41) is 43.7. The highest BCUT2D eigenvalue weighted by molar-refractivity contribution is 8.00. The summed E-state index contributed by atoms with van der Waals surface area (Å²) in [6, 6.07) is 5.81. The van der Waals surface area contributed by atoms with Crippen molar-refractivity contribution < 1.29 is 38.8 Å². The van der Waals surface area contributed by atoms with Gasteiger partial charge in [-0.2, -0.15) is 0 Å². The summed E-state index contributed by atoms with van der Waals surface area (Å²) in [5.41, 5.74) is -2.12. The van der Waals surface area contributed by atoms with E-state index in [1.54, 1.807) is 0 Å². The van der Waals surface area contributed by atoms with Crippen LogP contribution in [0.5, 0.6) is 0 Å². The molecule has 18 heteroatoms. The van der Waals surface area contributed by atoms with Crippen LogP contribution < -0.4 is 0 Å². The van der Waals surface area contributed by atoms with Gasteiger partial charge in [0, 0.05) is 12.1 Å². The van der Waals surface area contributed by atoms with E-state index in [1.165, 1.54) is 0 Å². The van der Waals surface area contributed by atoms with Crippen molar-refractivity contribution in [3.05, 3.63) is 76.9 Å². The minimum Gasteiger partial charge on any atom is -0.427 e. The number of esters is 2. The first kappa shape index (κ1) is 26.9. The molecule has 184 valence electrons. The first-order chi connectivity index (χ1) is 16.5. The summed E-state index contributed by atoms with van der Waals surface area (Å²) in [4.78, 5) is 63.9. The Morgan fingerprint density at radius 3 is 1.34 bits per heavy atom.